The molecule has 0 bridgehead atoms. The van der Waals surface area contributed by atoms with Gasteiger partial charge in [-0.05, 0) is 28.9 Å². The Balaban J connectivity index is 3.04. The molecule has 1 aromatic heterocycles. The number of aromatic nitrogens is 1. The van der Waals surface area contributed by atoms with E-state index in [0.717, 1.165) is 9.95 Å². The lowest BCUT2D eigenvalue weighted by atomic mass is 10.2. The molecule has 84 valence electrons. The highest BCUT2D eigenvalue weighted by molar-refractivity contribution is 9.10. The number of halogens is 3. The average molecular weight is 323 g/mol. The summed E-state index contributed by atoms with van der Waals surface area (Å²) in [6.45, 7) is 1.70. The van der Waals surface area contributed by atoms with E-state index in [1.807, 2.05) is 0 Å². The molecule has 0 unspecified atom stereocenters. The molecule has 1 N–H and O–H groups in total. The summed E-state index contributed by atoms with van der Waals surface area (Å²) >= 11 is 15.2. The van der Waals surface area contributed by atoms with Crippen LogP contribution >= 0.6 is 39.1 Å². The van der Waals surface area contributed by atoms with E-state index in [2.05, 4.69) is 15.9 Å². The molecule has 0 spiro atoms. The SMILES string of the molecule is Cc1c(Br)c2ccc(Cl)c(Cl)c2n1C(=O)O. The largest absolute Gasteiger partial charge is 0.464 e. The highest BCUT2D eigenvalue weighted by Crippen LogP contribution is 2.37. The third-order valence-electron chi connectivity index (χ3n) is 2.37. The molecule has 2 rings (SSSR count). The van der Waals surface area contributed by atoms with E-state index in [0.29, 0.717) is 20.7 Å². The normalized spacial score (nSPS) is 11.0. The van der Waals surface area contributed by atoms with Gasteiger partial charge in [-0.1, -0.05) is 29.3 Å². The van der Waals surface area contributed by atoms with Crippen LogP contribution in [0.1, 0.15) is 5.69 Å². The Morgan fingerprint density at radius 2 is 2.06 bits per heavy atom. The lowest BCUT2D eigenvalue weighted by Gasteiger charge is -2.03. The lowest BCUT2D eigenvalue weighted by Crippen LogP contribution is -2.09. The third-order valence-corrected chi connectivity index (χ3v) is 4.17. The van der Waals surface area contributed by atoms with Gasteiger partial charge in [0.1, 0.15) is 0 Å². The van der Waals surface area contributed by atoms with Gasteiger partial charge in [-0.25, -0.2) is 9.36 Å². The Labute approximate surface area is 110 Å². The zero-order chi connectivity index (χ0) is 12.0. The van der Waals surface area contributed by atoms with E-state index in [4.69, 9.17) is 28.3 Å². The highest BCUT2D eigenvalue weighted by Gasteiger charge is 2.19. The Morgan fingerprint density at radius 1 is 1.44 bits per heavy atom. The molecule has 1 aromatic carbocycles. The van der Waals surface area contributed by atoms with E-state index in [1.165, 1.54) is 0 Å². The van der Waals surface area contributed by atoms with Crippen molar-refractivity contribution in [2.45, 2.75) is 6.92 Å². The van der Waals surface area contributed by atoms with Crippen molar-refractivity contribution in [1.82, 2.24) is 4.57 Å². The van der Waals surface area contributed by atoms with Crippen molar-refractivity contribution in [2.75, 3.05) is 0 Å². The van der Waals surface area contributed by atoms with Crippen molar-refractivity contribution in [2.24, 2.45) is 0 Å². The smallest absolute Gasteiger partial charge is 0.416 e. The molecule has 0 atom stereocenters. The number of benzene rings is 1. The number of fused-ring (bicyclic) bond motifs is 1. The van der Waals surface area contributed by atoms with Crippen LogP contribution in [0.4, 0.5) is 4.79 Å². The maximum absolute atomic E-state index is 11.2. The second kappa shape index (κ2) is 3.95. The summed E-state index contributed by atoms with van der Waals surface area (Å²) < 4.78 is 1.83. The van der Waals surface area contributed by atoms with Crippen molar-refractivity contribution in [3.05, 3.63) is 32.3 Å². The summed E-state index contributed by atoms with van der Waals surface area (Å²) in [5.74, 6) is 0. The second-order valence-corrected chi connectivity index (χ2v) is 4.85. The first kappa shape index (κ1) is 11.8. The third kappa shape index (κ3) is 1.52. The van der Waals surface area contributed by atoms with Crippen LogP contribution in [0.3, 0.4) is 0 Å². The van der Waals surface area contributed by atoms with Gasteiger partial charge in [0, 0.05) is 15.6 Å². The number of hydrogen-bond acceptors (Lipinski definition) is 1. The minimum Gasteiger partial charge on any atom is -0.464 e. The van der Waals surface area contributed by atoms with Crippen molar-refractivity contribution < 1.29 is 9.90 Å². The fourth-order valence-corrected chi connectivity index (χ4v) is 2.53. The molecule has 16 heavy (non-hydrogen) atoms. The van der Waals surface area contributed by atoms with E-state index in [9.17, 15) is 4.79 Å². The van der Waals surface area contributed by atoms with Crippen LogP contribution in [0, 0.1) is 6.92 Å². The molecule has 0 aliphatic rings. The summed E-state index contributed by atoms with van der Waals surface area (Å²) in [4.78, 5) is 11.2. The van der Waals surface area contributed by atoms with Gasteiger partial charge in [0.15, 0.2) is 0 Å². The summed E-state index contributed by atoms with van der Waals surface area (Å²) in [5, 5.41) is 10.4. The molecule has 0 fully saturated rings. The van der Waals surface area contributed by atoms with Gasteiger partial charge in [-0.3, -0.25) is 0 Å². The Hall–Kier alpha value is -0.710. The van der Waals surface area contributed by atoms with Gasteiger partial charge >= 0.3 is 6.09 Å². The second-order valence-electron chi connectivity index (χ2n) is 3.27. The molecule has 3 nitrogen and oxygen atoms in total. The highest BCUT2D eigenvalue weighted by atomic mass is 79.9. The fourth-order valence-electron chi connectivity index (χ4n) is 1.64. The summed E-state index contributed by atoms with van der Waals surface area (Å²) in [5.41, 5.74) is 0.984. The molecule has 0 amide bonds. The number of nitrogens with zero attached hydrogens (tertiary/aromatic N) is 1. The van der Waals surface area contributed by atoms with Gasteiger partial charge in [-0.15, -0.1) is 0 Å². The van der Waals surface area contributed by atoms with Crippen LogP contribution in [-0.2, 0) is 0 Å². The molecule has 0 aliphatic carbocycles. The lowest BCUT2D eigenvalue weighted by molar-refractivity contribution is 0.197. The van der Waals surface area contributed by atoms with Crippen molar-refractivity contribution in [1.29, 1.82) is 0 Å². The molecule has 0 radical (unpaired) electrons. The van der Waals surface area contributed by atoms with E-state index >= 15 is 0 Å². The number of rotatable bonds is 0. The van der Waals surface area contributed by atoms with Gasteiger partial charge < -0.3 is 5.11 Å². The van der Waals surface area contributed by atoms with Gasteiger partial charge in [-0.2, -0.15) is 0 Å². The number of hydrogen-bond donors (Lipinski definition) is 1. The van der Waals surface area contributed by atoms with Crippen LogP contribution in [0.5, 0.6) is 0 Å². The zero-order valence-electron chi connectivity index (χ0n) is 8.09. The van der Waals surface area contributed by atoms with Gasteiger partial charge in [0.05, 0.1) is 15.6 Å². The van der Waals surface area contributed by atoms with Crippen LogP contribution < -0.4 is 0 Å². The molecular weight excluding hydrogens is 317 g/mol. The topological polar surface area (TPSA) is 42.2 Å². The molecule has 0 aliphatic heterocycles. The van der Waals surface area contributed by atoms with Crippen LogP contribution in [0.25, 0.3) is 10.9 Å². The number of carboxylic acid groups (broad SMARTS) is 1. The summed E-state index contributed by atoms with van der Waals surface area (Å²) in [6, 6.07) is 3.38. The van der Waals surface area contributed by atoms with Gasteiger partial charge in [0.25, 0.3) is 0 Å². The van der Waals surface area contributed by atoms with Gasteiger partial charge in [0.2, 0.25) is 0 Å². The minimum atomic E-state index is -1.09. The molecule has 2 aromatic rings. The maximum Gasteiger partial charge on any atom is 0.416 e. The minimum absolute atomic E-state index is 0.246. The van der Waals surface area contributed by atoms with Crippen LogP contribution in [0.2, 0.25) is 10.0 Å². The molecule has 0 saturated heterocycles. The van der Waals surface area contributed by atoms with E-state index in [-0.39, 0.29) is 5.02 Å². The number of carbonyl (C=O) groups is 1. The maximum atomic E-state index is 11.2. The molecule has 6 heteroatoms. The molecular formula is C10H6BrCl2NO2. The summed E-state index contributed by atoms with van der Waals surface area (Å²) in [6.07, 6.45) is -1.09. The first-order valence-electron chi connectivity index (χ1n) is 4.33. The Bertz CT molecular complexity index is 607. The quantitative estimate of drug-likeness (QED) is 0.773. The van der Waals surface area contributed by atoms with E-state index in [1.54, 1.807) is 19.1 Å². The fraction of sp³-hybridized carbons (Fsp3) is 0.100. The predicted octanol–water partition coefficient (Wildman–Crippen LogP) is 4.55. The standard InChI is InChI=1S/C10H6BrCl2NO2/c1-4-7(11)5-2-3-6(12)8(13)9(5)14(4)10(15)16/h2-3H,1H3,(H,15,16). The molecule has 0 saturated carbocycles. The average Bonchev–Trinajstić information content (AvgIpc) is 2.47. The molecule has 1 heterocycles. The predicted molar refractivity (Wildman–Crippen MR) is 67.8 cm³/mol. The van der Waals surface area contributed by atoms with Crippen LogP contribution in [0.15, 0.2) is 16.6 Å². The summed E-state index contributed by atoms with van der Waals surface area (Å²) in [7, 11) is 0. The first-order valence-corrected chi connectivity index (χ1v) is 5.88. The zero-order valence-corrected chi connectivity index (χ0v) is 11.2. The Morgan fingerprint density at radius 3 is 2.62 bits per heavy atom. The first-order chi connectivity index (χ1) is 7.45. The van der Waals surface area contributed by atoms with Crippen LogP contribution in [-0.4, -0.2) is 15.8 Å². The Kier molecular flexibility index (Phi) is 2.90. The monoisotopic (exact) mass is 321 g/mol. The van der Waals surface area contributed by atoms with E-state index < -0.39 is 6.09 Å². The van der Waals surface area contributed by atoms with Crippen molar-refractivity contribution >= 4 is 56.1 Å². The van der Waals surface area contributed by atoms with Crippen molar-refractivity contribution in [3.8, 4) is 0 Å². The van der Waals surface area contributed by atoms with Crippen molar-refractivity contribution in [3.63, 3.8) is 0 Å².